The third-order valence-electron chi connectivity index (χ3n) is 4.80. The Hall–Kier alpha value is -0.120. The molecule has 3 heteroatoms. The first-order chi connectivity index (χ1) is 8.75. The summed E-state index contributed by atoms with van der Waals surface area (Å²) in [5.74, 6) is 0. The lowest BCUT2D eigenvalue weighted by atomic mass is 9.80. The third-order valence-corrected chi connectivity index (χ3v) is 4.80. The van der Waals surface area contributed by atoms with Crippen LogP contribution in [0.1, 0.15) is 52.4 Å². The van der Waals surface area contributed by atoms with E-state index in [9.17, 15) is 0 Å². The van der Waals surface area contributed by atoms with Crippen molar-refractivity contribution in [2.45, 2.75) is 64.0 Å². The van der Waals surface area contributed by atoms with Gasteiger partial charge in [-0.2, -0.15) is 0 Å². The zero-order valence-corrected chi connectivity index (χ0v) is 12.8. The molecule has 0 aromatic heterocycles. The van der Waals surface area contributed by atoms with Crippen LogP contribution in [0.25, 0.3) is 0 Å². The molecule has 1 heterocycles. The van der Waals surface area contributed by atoms with Gasteiger partial charge in [0.25, 0.3) is 0 Å². The first-order valence-corrected chi connectivity index (χ1v) is 7.66. The molecule has 0 spiro atoms. The largest absolute Gasteiger partial charge is 0.385 e. The number of likely N-dealkylation sites (tertiary alicyclic amines) is 1. The van der Waals surface area contributed by atoms with Gasteiger partial charge in [0, 0.05) is 25.3 Å². The summed E-state index contributed by atoms with van der Waals surface area (Å²) in [7, 11) is 3.91. The number of methoxy groups -OCH3 is 1. The maximum Gasteiger partial charge on any atom is 0.0462 e. The van der Waals surface area contributed by atoms with Crippen molar-refractivity contribution in [3.05, 3.63) is 0 Å². The Morgan fingerprint density at radius 2 is 1.83 bits per heavy atom. The molecule has 1 aliphatic heterocycles. The molecular weight excluding hydrogens is 224 g/mol. The van der Waals surface area contributed by atoms with Gasteiger partial charge in [0.1, 0.15) is 0 Å². The Bertz CT molecular complexity index is 211. The van der Waals surface area contributed by atoms with Gasteiger partial charge in [-0.1, -0.05) is 13.8 Å². The normalized spacial score (nSPS) is 19.3. The fraction of sp³-hybridized carbons (Fsp3) is 1.00. The van der Waals surface area contributed by atoms with E-state index >= 15 is 0 Å². The molecule has 0 saturated carbocycles. The summed E-state index contributed by atoms with van der Waals surface area (Å²) in [6.07, 6.45) is 7.58. The van der Waals surface area contributed by atoms with Crippen LogP contribution in [-0.4, -0.2) is 50.3 Å². The number of likely N-dealkylation sites (N-methyl/N-ethyl adjacent to an activating group) is 1. The molecule has 0 aromatic carbocycles. The Morgan fingerprint density at radius 3 is 2.28 bits per heavy atom. The molecule has 108 valence electrons. The minimum Gasteiger partial charge on any atom is -0.385 e. The zero-order chi connectivity index (χ0) is 13.4. The highest BCUT2D eigenvalue weighted by molar-refractivity contribution is 4.99. The lowest BCUT2D eigenvalue weighted by Gasteiger charge is -2.47. The van der Waals surface area contributed by atoms with E-state index < -0.39 is 0 Å². The Balaban J connectivity index is 2.71. The summed E-state index contributed by atoms with van der Waals surface area (Å²) in [5.41, 5.74) is 0.346. The highest BCUT2D eigenvalue weighted by Gasteiger charge is 2.40. The van der Waals surface area contributed by atoms with Crippen LogP contribution in [0, 0.1) is 0 Å². The summed E-state index contributed by atoms with van der Waals surface area (Å²) < 4.78 is 5.20. The molecule has 1 N–H and O–H groups in total. The Kier molecular flexibility index (Phi) is 7.20. The predicted octanol–water partition coefficient (Wildman–Crippen LogP) is 2.66. The van der Waals surface area contributed by atoms with E-state index in [0.29, 0.717) is 11.6 Å². The van der Waals surface area contributed by atoms with Crippen molar-refractivity contribution in [1.29, 1.82) is 0 Å². The monoisotopic (exact) mass is 256 g/mol. The standard InChI is InChI=1S/C15H32N2O/c1-5-15(6-2,17-11-7-8-12-17)14(16-3)10-9-13-18-4/h14,16H,5-13H2,1-4H3. The zero-order valence-electron chi connectivity index (χ0n) is 12.8. The molecule has 0 aromatic rings. The first kappa shape index (κ1) is 15.9. The molecule has 1 fully saturated rings. The molecule has 1 atom stereocenters. The summed E-state index contributed by atoms with van der Waals surface area (Å²) >= 11 is 0. The molecule has 0 amide bonds. The van der Waals surface area contributed by atoms with Gasteiger partial charge in [-0.25, -0.2) is 0 Å². The maximum absolute atomic E-state index is 5.20. The molecule has 1 aliphatic rings. The van der Waals surface area contributed by atoms with Gasteiger partial charge < -0.3 is 10.1 Å². The van der Waals surface area contributed by atoms with Crippen molar-refractivity contribution in [3.8, 4) is 0 Å². The third kappa shape index (κ3) is 3.46. The van der Waals surface area contributed by atoms with E-state index in [1.54, 1.807) is 7.11 Å². The van der Waals surface area contributed by atoms with Gasteiger partial charge >= 0.3 is 0 Å². The summed E-state index contributed by atoms with van der Waals surface area (Å²) in [4.78, 5) is 2.74. The van der Waals surface area contributed by atoms with E-state index in [0.717, 1.165) is 13.0 Å². The van der Waals surface area contributed by atoms with Gasteiger partial charge in [0.2, 0.25) is 0 Å². The first-order valence-electron chi connectivity index (χ1n) is 7.66. The molecule has 18 heavy (non-hydrogen) atoms. The average molecular weight is 256 g/mol. The fourth-order valence-corrected chi connectivity index (χ4v) is 3.69. The topological polar surface area (TPSA) is 24.5 Å². The van der Waals surface area contributed by atoms with Crippen molar-refractivity contribution < 1.29 is 4.74 Å². The number of ether oxygens (including phenoxy) is 1. The average Bonchev–Trinajstić information content (AvgIpc) is 2.93. The molecule has 1 unspecified atom stereocenters. The van der Waals surface area contributed by atoms with Crippen LogP contribution in [0.4, 0.5) is 0 Å². The van der Waals surface area contributed by atoms with E-state index in [1.165, 1.54) is 45.2 Å². The van der Waals surface area contributed by atoms with Gasteiger partial charge in [-0.05, 0) is 58.7 Å². The highest BCUT2D eigenvalue weighted by Crippen LogP contribution is 2.33. The summed E-state index contributed by atoms with van der Waals surface area (Å²) in [6, 6.07) is 0.584. The molecule has 3 nitrogen and oxygen atoms in total. The molecule has 0 bridgehead atoms. The lowest BCUT2D eigenvalue weighted by Crippen LogP contribution is -2.59. The van der Waals surface area contributed by atoms with Gasteiger partial charge in [-0.3, -0.25) is 4.90 Å². The van der Waals surface area contributed by atoms with E-state index in [2.05, 4.69) is 31.1 Å². The van der Waals surface area contributed by atoms with E-state index in [1.807, 2.05) is 0 Å². The van der Waals surface area contributed by atoms with Crippen LogP contribution in [0.2, 0.25) is 0 Å². The van der Waals surface area contributed by atoms with Crippen molar-refractivity contribution in [1.82, 2.24) is 10.2 Å². The van der Waals surface area contributed by atoms with Gasteiger partial charge in [-0.15, -0.1) is 0 Å². The maximum atomic E-state index is 5.20. The highest BCUT2D eigenvalue weighted by atomic mass is 16.5. The summed E-state index contributed by atoms with van der Waals surface area (Å²) in [5, 5.41) is 3.58. The fourth-order valence-electron chi connectivity index (χ4n) is 3.69. The van der Waals surface area contributed by atoms with E-state index in [-0.39, 0.29) is 0 Å². The molecular formula is C15H32N2O. The smallest absolute Gasteiger partial charge is 0.0462 e. The Labute approximate surface area is 113 Å². The van der Waals surface area contributed by atoms with Crippen molar-refractivity contribution in [2.75, 3.05) is 33.9 Å². The second-order valence-corrected chi connectivity index (χ2v) is 5.48. The minimum atomic E-state index is 0.346. The molecule has 1 rings (SSSR count). The number of nitrogens with one attached hydrogen (secondary N) is 1. The van der Waals surface area contributed by atoms with Gasteiger partial charge in [0.05, 0.1) is 0 Å². The van der Waals surface area contributed by atoms with Crippen LogP contribution in [0.3, 0.4) is 0 Å². The van der Waals surface area contributed by atoms with Crippen LogP contribution in [-0.2, 0) is 4.74 Å². The minimum absolute atomic E-state index is 0.346. The quantitative estimate of drug-likeness (QED) is 0.642. The van der Waals surface area contributed by atoms with Crippen LogP contribution in [0.15, 0.2) is 0 Å². The predicted molar refractivity (Wildman–Crippen MR) is 78.1 cm³/mol. The number of rotatable bonds is 9. The van der Waals surface area contributed by atoms with Crippen LogP contribution >= 0.6 is 0 Å². The molecule has 0 radical (unpaired) electrons. The lowest BCUT2D eigenvalue weighted by molar-refractivity contribution is 0.0573. The number of hydrogen-bond acceptors (Lipinski definition) is 3. The van der Waals surface area contributed by atoms with Crippen molar-refractivity contribution >= 4 is 0 Å². The van der Waals surface area contributed by atoms with Crippen LogP contribution in [0.5, 0.6) is 0 Å². The second kappa shape index (κ2) is 8.13. The van der Waals surface area contributed by atoms with Crippen molar-refractivity contribution in [3.63, 3.8) is 0 Å². The number of nitrogens with zero attached hydrogens (tertiary/aromatic N) is 1. The van der Waals surface area contributed by atoms with Crippen LogP contribution < -0.4 is 5.32 Å². The molecule has 1 saturated heterocycles. The summed E-state index contributed by atoms with van der Waals surface area (Å²) in [6.45, 7) is 8.14. The van der Waals surface area contributed by atoms with E-state index in [4.69, 9.17) is 4.74 Å². The second-order valence-electron chi connectivity index (χ2n) is 5.48. The molecule has 0 aliphatic carbocycles. The Morgan fingerprint density at radius 1 is 1.22 bits per heavy atom. The SMILES string of the molecule is CCC(CC)(C(CCCOC)NC)N1CCCC1. The number of hydrogen-bond donors (Lipinski definition) is 1. The van der Waals surface area contributed by atoms with Crippen molar-refractivity contribution in [2.24, 2.45) is 0 Å². The van der Waals surface area contributed by atoms with Gasteiger partial charge in [0.15, 0.2) is 0 Å².